The molecule has 1 atom stereocenters. The van der Waals surface area contributed by atoms with Crippen LogP contribution in [0.25, 0.3) is 0 Å². The Kier molecular flexibility index (Phi) is 1.67. The molecule has 1 aliphatic heterocycles. The van der Waals surface area contributed by atoms with E-state index >= 15 is 0 Å². The summed E-state index contributed by atoms with van der Waals surface area (Å²) >= 11 is 0. The average Bonchev–Trinajstić information content (AvgIpc) is 2.16. The number of amides is 2. The van der Waals surface area contributed by atoms with Gasteiger partial charge >= 0.3 is 0 Å². The second kappa shape index (κ2) is 2.82. The normalized spacial score (nSPS) is 25.7. The van der Waals surface area contributed by atoms with Gasteiger partial charge in [-0.15, -0.1) is 0 Å². The van der Waals surface area contributed by atoms with E-state index < -0.39 is 12.8 Å². The summed E-state index contributed by atoms with van der Waals surface area (Å²) in [4.78, 5) is 33.3. The molecule has 4 nitrogen and oxygen atoms in total. The molecule has 1 unspecified atom stereocenters. The Labute approximate surface area is 65.6 Å². The van der Waals surface area contributed by atoms with Gasteiger partial charge < -0.3 is 4.79 Å². The van der Waals surface area contributed by atoms with Crippen LogP contribution in [0.1, 0.15) is 14.7 Å². The lowest BCUT2D eigenvalue weighted by molar-refractivity contribution is -0.140. The minimum absolute atomic E-state index is 0.159. The molecule has 0 spiro atoms. The maximum absolute atomic E-state index is 11.1. The summed E-state index contributed by atoms with van der Waals surface area (Å²) in [6.45, 7) is 1.23. The molecule has 1 rings (SSSR count). The summed E-state index contributed by atoms with van der Waals surface area (Å²) in [5, 5.41) is 0. The Morgan fingerprint density at radius 2 is 2.45 bits per heavy atom. The van der Waals surface area contributed by atoms with Crippen molar-refractivity contribution in [1.29, 1.82) is 0 Å². The molecule has 0 aromatic heterocycles. The topological polar surface area (TPSA) is 54.5 Å². The molecule has 0 bridgehead atoms. The SMILES string of the molecule is [2H]C(=O)CN1C(=O)CC(C)C1=O. The van der Waals surface area contributed by atoms with Gasteiger partial charge in [-0.25, -0.2) is 0 Å². The predicted octanol–water partition coefficient (Wildman–Crippen LogP) is -0.420. The van der Waals surface area contributed by atoms with Gasteiger partial charge in [0.25, 0.3) is 0 Å². The Bertz CT molecular complexity index is 251. The van der Waals surface area contributed by atoms with Gasteiger partial charge in [-0.05, 0) is 0 Å². The standard InChI is InChI=1S/C7H9NO3/c1-5-4-6(10)8(2-3-9)7(5)11/h3,5H,2,4H2,1H3/i3D. The van der Waals surface area contributed by atoms with Crippen LogP contribution in [0.4, 0.5) is 0 Å². The molecule has 0 aliphatic carbocycles. The van der Waals surface area contributed by atoms with Crippen molar-refractivity contribution in [3.05, 3.63) is 0 Å². The predicted molar refractivity (Wildman–Crippen MR) is 36.6 cm³/mol. The number of rotatable bonds is 2. The maximum Gasteiger partial charge on any atom is 0.232 e. The van der Waals surface area contributed by atoms with E-state index in [1.54, 1.807) is 6.92 Å². The van der Waals surface area contributed by atoms with Crippen molar-refractivity contribution in [2.75, 3.05) is 6.54 Å². The molecule has 0 saturated carbocycles. The maximum atomic E-state index is 11.1. The van der Waals surface area contributed by atoms with Crippen LogP contribution < -0.4 is 0 Å². The lowest BCUT2D eigenvalue weighted by atomic mass is 10.1. The highest BCUT2D eigenvalue weighted by Crippen LogP contribution is 2.17. The molecule has 1 fully saturated rings. The number of likely N-dealkylation sites (tertiary alicyclic amines) is 1. The van der Waals surface area contributed by atoms with Crippen LogP contribution in [0.3, 0.4) is 0 Å². The van der Waals surface area contributed by atoms with Crippen LogP contribution in [0.5, 0.6) is 0 Å². The van der Waals surface area contributed by atoms with Gasteiger partial charge in [-0.2, -0.15) is 0 Å². The van der Waals surface area contributed by atoms with E-state index in [2.05, 4.69) is 0 Å². The number of carbonyl (C=O) groups excluding carboxylic acids is 3. The van der Waals surface area contributed by atoms with Crippen LogP contribution in [0.15, 0.2) is 0 Å². The summed E-state index contributed by atoms with van der Waals surface area (Å²) in [6, 6.07) is 0. The number of imide groups is 1. The molecular weight excluding hydrogens is 146 g/mol. The molecule has 0 N–H and O–H groups in total. The largest absolute Gasteiger partial charge is 0.301 e. The van der Waals surface area contributed by atoms with Gasteiger partial charge in [-0.3, -0.25) is 14.5 Å². The molecule has 0 aromatic carbocycles. The quantitative estimate of drug-likeness (QED) is 0.403. The first-order valence-corrected chi connectivity index (χ1v) is 3.36. The highest BCUT2D eigenvalue weighted by atomic mass is 16.2. The summed E-state index contributed by atoms with van der Waals surface area (Å²) in [5.74, 6) is -1.04. The molecular formula is C7H9NO3. The van der Waals surface area contributed by atoms with Gasteiger partial charge in [0.1, 0.15) is 7.63 Å². The third kappa shape index (κ3) is 1.29. The second-order valence-electron chi connectivity index (χ2n) is 2.57. The van der Waals surface area contributed by atoms with Gasteiger partial charge in [0, 0.05) is 12.3 Å². The summed E-state index contributed by atoms with van der Waals surface area (Å²) in [5.41, 5.74) is 0. The summed E-state index contributed by atoms with van der Waals surface area (Å²) < 4.78 is 6.60. The Morgan fingerprint density at radius 3 is 2.82 bits per heavy atom. The average molecular weight is 156 g/mol. The molecule has 11 heavy (non-hydrogen) atoms. The van der Waals surface area contributed by atoms with Crippen LogP contribution in [0, 0.1) is 5.92 Å². The van der Waals surface area contributed by atoms with E-state index in [4.69, 9.17) is 1.37 Å². The minimum atomic E-state index is -0.911. The van der Waals surface area contributed by atoms with Crippen molar-refractivity contribution in [3.63, 3.8) is 0 Å². The molecule has 4 heteroatoms. The molecule has 1 heterocycles. The van der Waals surface area contributed by atoms with Crippen molar-refractivity contribution in [2.45, 2.75) is 13.3 Å². The van der Waals surface area contributed by atoms with E-state index in [9.17, 15) is 14.4 Å². The minimum Gasteiger partial charge on any atom is -0.301 e. The first-order valence-electron chi connectivity index (χ1n) is 3.86. The Morgan fingerprint density at radius 1 is 1.82 bits per heavy atom. The zero-order valence-electron chi connectivity index (χ0n) is 7.16. The van der Waals surface area contributed by atoms with Crippen molar-refractivity contribution in [1.82, 2.24) is 4.90 Å². The van der Waals surface area contributed by atoms with Crippen molar-refractivity contribution in [2.24, 2.45) is 5.92 Å². The van der Waals surface area contributed by atoms with Gasteiger partial charge in [0.05, 0.1) is 6.54 Å². The van der Waals surface area contributed by atoms with Gasteiger partial charge in [-0.1, -0.05) is 6.92 Å². The first-order chi connectivity index (χ1) is 5.52. The van der Waals surface area contributed by atoms with Crippen molar-refractivity contribution >= 4 is 18.1 Å². The van der Waals surface area contributed by atoms with Gasteiger partial charge in [0.15, 0.2) is 0 Å². The van der Waals surface area contributed by atoms with Crippen molar-refractivity contribution < 1.29 is 15.8 Å². The van der Waals surface area contributed by atoms with E-state index in [1.165, 1.54) is 0 Å². The van der Waals surface area contributed by atoms with E-state index in [-0.39, 0.29) is 24.2 Å². The lowest BCUT2D eigenvalue weighted by Gasteiger charge is -2.08. The van der Waals surface area contributed by atoms with E-state index in [0.717, 1.165) is 4.90 Å². The fourth-order valence-corrected chi connectivity index (χ4v) is 1.08. The molecule has 0 radical (unpaired) electrons. The number of hydrogen-bond donors (Lipinski definition) is 0. The van der Waals surface area contributed by atoms with Crippen LogP contribution in [0.2, 0.25) is 0 Å². The first kappa shape index (κ1) is 6.52. The molecule has 2 amide bonds. The third-order valence-electron chi connectivity index (χ3n) is 1.69. The highest BCUT2D eigenvalue weighted by Gasteiger charge is 2.34. The molecule has 1 saturated heterocycles. The monoisotopic (exact) mass is 156 g/mol. The molecule has 60 valence electrons. The van der Waals surface area contributed by atoms with Crippen LogP contribution in [-0.2, 0) is 14.4 Å². The lowest BCUT2D eigenvalue weighted by Crippen LogP contribution is -2.31. The zero-order chi connectivity index (χ0) is 9.30. The van der Waals surface area contributed by atoms with E-state index in [0.29, 0.717) is 0 Å². The van der Waals surface area contributed by atoms with E-state index in [1.807, 2.05) is 0 Å². The highest BCUT2D eigenvalue weighted by molar-refractivity contribution is 6.04. The number of carbonyl (C=O) groups is 3. The number of nitrogens with zero attached hydrogens (tertiary/aromatic N) is 1. The zero-order valence-corrected chi connectivity index (χ0v) is 6.16. The number of hydrogen-bond acceptors (Lipinski definition) is 3. The smallest absolute Gasteiger partial charge is 0.232 e. The summed E-state index contributed by atoms with van der Waals surface area (Å²) in [7, 11) is 0. The molecule has 0 aromatic rings. The fraction of sp³-hybridized carbons (Fsp3) is 0.571. The molecule has 1 aliphatic rings. The summed E-state index contributed by atoms with van der Waals surface area (Å²) in [6.07, 6.45) is -0.752. The van der Waals surface area contributed by atoms with Crippen LogP contribution in [-0.4, -0.2) is 29.5 Å². The Hall–Kier alpha value is -1.19. The third-order valence-corrected chi connectivity index (χ3v) is 1.69. The number of aldehydes is 1. The fourth-order valence-electron chi connectivity index (χ4n) is 1.08. The second-order valence-corrected chi connectivity index (χ2v) is 2.57. The van der Waals surface area contributed by atoms with Crippen molar-refractivity contribution in [3.8, 4) is 0 Å². The van der Waals surface area contributed by atoms with Crippen LogP contribution >= 0.6 is 0 Å². The van der Waals surface area contributed by atoms with Gasteiger partial charge in [0.2, 0.25) is 11.8 Å². The Balaban J connectivity index is 2.70.